The zero-order valence-electron chi connectivity index (χ0n) is 17.9. The number of benzene rings is 2. The summed E-state index contributed by atoms with van der Waals surface area (Å²) in [6.45, 7) is 3.05. The summed E-state index contributed by atoms with van der Waals surface area (Å²) >= 11 is 0. The molecule has 2 unspecified atom stereocenters. The molecule has 11 heteroatoms. The molecule has 2 atom stereocenters. The van der Waals surface area contributed by atoms with Gasteiger partial charge in [-0.3, -0.25) is 9.52 Å². The Morgan fingerprint density at radius 2 is 1.82 bits per heavy atom. The van der Waals surface area contributed by atoms with E-state index in [0.717, 1.165) is 0 Å². The van der Waals surface area contributed by atoms with E-state index in [1.165, 1.54) is 24.3 Å². The van der Waals surface area contributed by atoms with E-state index in [4.69, 9.17) is 9.88 Å². The summed E-state index contributed by atoms with van der Waals surface area (Å²) in [4.78, 5) is 12.9. The Labute approximate surface area is 195 Å². The molecule has 0 aromatic heterocycles. The van der Waals surface area contributed by atoms with Crippen molar-refractivity contribution in [3.8, 4) is 11.8 Å². The van der Waals surface area contributed by atoms with Gasteiger partial charge in [0.05, 0.1) is 29.4 Å². The number of carbonyl (C=O) groups excluding carboxylic acids is 1. The second-order valence-corrected chi connectivity index (χ2v) is 9.37. The maximum atomic E-state index is 12.7. The number of rotatable bonds is 8. The van der Waals surface area contributed by atoms with E-state index in [9.17, 15) is 26.4 Å². The van der Waals surface area contributed by atoms with Crippen LogP contribution < -0.4 is 9.86 Å². The molecule has 0 aliphatic carbocycles. The zero-order valence-corrected chi connectivity index (χ0v) is 19.5. The fourth-order valence-electron chi connectivity index (χ4n) is 2.54. The zero-order chi connectivity index (χ0) is 24.6. The third kappa shape index (κ3) is 8.74. The SMILES string of the molecule is CC(C)C#Cc1ccc(C(=O)NS(=O)c2ccccc2S(N)=O)cc1COCCC(F)(F)F. The molecule has 0 aliphatic rings. The molecule has 33 heavy (non-hydrogen) atoms. The van der Waals surface area contributed by atoms with Crippen molar-refractivity contribution in [3.05, 3.63) is 59.2 Å². The number of amides is 1. The first-order valence-corrected chi connectivity index (χ1v) is 12.1. The predicted octanol–water partition coefficient (Wildman–Crippen LogP) is 3.60. The molecule has 0 fully saturated rings. The van der Waals surface area contributed by atoms with Crippen LogP contribution in [0, 0.1) is 17.8 Å². The van der Waals surface area contributed by atoms with Crippen LogP contribution in [0.1, 0.15) is 41.8 Å². The van der Waals surface area contributed by atoms with Crippen molar-refractivity contribution in [1.82, 2.24) is 4.72 Å². The Kier molecular flexibility index (Phi) is 9.79. The van der Waals surface area contributed by atoms with E-state index >= 15 is 0 Å². The average molecular weight is 501 g/mol. The summed E-state index contributed by atoms with van der Waals surface area (Å²) in [6.07, 6.45) is -5.43. The van der Waals surface area contributed by atoms with Gasteiger partial charge in [-0.05, 0) is 35.9 Å². The lowest BCUT2D eigenvalue weighted by Gasteiger charge is -2.11. The van der Waals surface area contributed by atoms with Gasteiger partial charge in [0.15, 0.2) is 11.0 Å². The molecule has 0 saturated carbocycles. The van der Waals surface area contributed by atoms with Crippen LogP contribution in [0.5, 0.6) is 0 Å². The smallest absolute Gasteiger partial charge is 0.376 e. The van der Waals surface area contributed by atoms with Gasteiger partial charge in [0.2, 0.25) is 0 Å². The summed E-state index contributed by atoms with van der Waals surface area (Å²) in [5, 5.41) is 5.39. The molecule has 0 heterocycles. The first kappa shape index (κ1) is 26.7. The van der Waals surface area contributed by atoms with Gasteiger partial charge >= 0.3 is 6.18 Å². The number of nitrogens with one attached hydrogen (secondary N) is 1. The highest BCUT2D eigenvalue weighted by Gasteiger charge is 2.26. The molecule has 0 saturated heterocycles. The van der Waals surface area contributed by atoms with Crippen LogP contribution in [0.4, 0.5) is 13.2 Å². The first-order valence-electron chi connectivity index (χ1n) is 9.75. The largest absolute Gasteiger partial charge is 0.391 e. The van der Waals surface area contributed by atoms with Gasteiger partial charge in [0.1, 0.15) is 11.0 Å². The fourth-order valence-corrected chi connectivity index (χ4v) is 4.34. The Morgan fingerprint density at radius 1 is 1.15 bits per heavy atom. The van der Waals surface area contributed by atoms with Crippen LogP contribution in [-0.4, -0.2) is 27.1 Å². The molecule has 178 valence electrons. The van der Waals surface area contributed by atoms with E-state index in [-0.39, 0.29) is 27.9 Å². The van der Waals surface area contributed by atoms with E-state index in [0.29, 0.717) is 11.1 Å². The van der Waals surface area contributed by atoms with Gasteiger partial charge in [-0.2, -0.15) is 13.2 Å². The van der Waals surface area contributed by atoms with Crippen LogP contribution >= 0.6 is 0 Å². The van der Waals surface area contributed by atoms with E-state index in [2.05, 4.69) is 16.6 Å². The highest BCUT2D eigenvalue weighted by Crippen LogP contribution is 2.20. The topological polar surface area (TPSA) is 98.5 Å². The normalized spacial score (nSPS) is 13.2. The molecule has 0 spiro atoms. The van der Waals surface area contributed by atoms with Crippen LogP contribution in [0.25, 0.3) is 0 Å². The molecular formula is C22H23F3N2O4S2. The molecule has 6 nitrogen and oxygen atoms in total. The molecule has 2 rings (SSSR count). The lowest BCUT2D eigenvalue weighted by molar-refractivity contribution is -0.146. The maximum Gasteiger partial charge on any atom is 0.391 e. The second kappa shape index (κ2) is 12.1. The van der Waals surface area contributed by atoms with Crippen LogP contribution in [0.3, 0.4) is 0 Å². The number of hydrogen-bond donors (Lipinski definition) is 2. The van der Waals surface area contributed by atoms with E-state index in [1.807, 2.05) is 13.8 Å². The molecule has 2 aromatic rings. The van der Waals surface area contributed by atoms with Crippen molar-refractivity contribution >= 4 is 27.9 Å². The standard InChI is InChI=1S/C22H23F3N2O4S2/c1-15(2)7-8-16-9-10-17(13-18(16)14-31-12-11-22(23,24)25)21(28)27-33(30)20-6-4-3-5-19(20)32(26)29/h3-6,9-10,13,15H,11-12,14,26H2,1-2H3,(H,27,28). The number of ether oxygens (including phenoxy) is 1. The molecule has 0 aliphatic heterocycles. The molecule has 0 radical (unpaired) electrons. The summed E-state index contributed by atoms with van der Waals surface area (Å²) in [5.74, 6) is 5.25. The minimum Gasteiger partial charge on any atom is -0.376 e. The molecule has 3 N–H and O–H groups in total. The lowest BCUT2D eigenvalue weighted by atomic mass is 10.0. The third-order valence-corrected chi connectivity index (χ3v) is 6.15. The monoisotopic (exact) mass is 500 g/mol. The Hall–Kier alpha value is -2.52. The minimum atomic E-state index is -4.34. The molecule has 2 aromatic carbocycles. The highest BCUT2D eigenvalue weighted by molar-refractivity contribution is 7.86. The predicted molar refractivity (Wildman–Crippen MR) is 119 cm³/mol. The maximum absolute atomic E-state index is 12.7. The number of hydrogen-bond acceptors (Lipinski definition) is 4. The lowest BCUT2D eigenvalue weighted by Crippen LogP contribution is -2.27. The van der Waals surface area contributed by atoms with Crippen molar-refractivity contribution in [1.29, 1.82) is 0 Å². The number of alkyl halides is 3. The second-order valence-electron chi connectivity index (χ2n) is 7.16. The van der Waals surface area contributed by atoms with Gasteiger partial charge in [0.25, 0.3) is 5.91 Å². The van der Waals surface area contributed by atoms with Gasteiger partial charge < -0.3 is 4.74 Å². The van der Waals surface area contributed by atoms with Gasteiger partial charge in [0, 0.05) is 17.0 Å². The van der Waals surface area contributed by atoms with E-state index in [1.54, 1.807) is 18.2 Å². The molecular weight excluding hydrogens is 477 g/mol. The first-order chi connectivity index (χ1) is 15.5. The minimum absolute atomic E-state index is 0.0579. The summed E-state index contributed by atoms with van der Waals surface area (Å²) < 4.78 is 68.8. The summed E-state index contributed by atoms with van der Waals surface area (Å²) in [7, 11) is -3.94. The Balaban J connectivity index is 2.23. The highest BCUT2D eigenvalue weighted by atomic mass is 32.2. The molecule has 1 amide bonds. The fraction of sp³-hybridized carbons (Fsp3) is 0.318. The average Bonchev–Trinajstić information content (AvgIpc) is 2.74. The third-order valence-electron chi connectivity index (χ3n) is 4.10. The number of carbonyl (C=O) groups is 1. The summed E-state index contributed by atoms with van der Waals surface area (Å²) in [6, 6.07) is 10.5. The van der Waals surface area contributed by atoms with Gasteiger partial charge in [-0.1, -0.05) is 37.8 Å². The van der Waals surface area contributed by atoms with Crippen molar-refractivity contribution in [2.24, 2.45) is 11.1 Å². The summed E-state index contributed by atoms with van der Waals surface area (Å²) in [5.41, 5.74) is 1.05. The van der Waals surface area contributed by atoms with Crippen molar-refractivity contribution in [2.45, 2.75) is 42.8 Å². The Bertz CT molecular complexity index is 1110. The van der Waals surface area contributed by atoms with Gasteiger partial charge in [-0.15, -0.1) is 0 Å². The van der Waals surface area contributed by atoms with Crippen LogP contribution in [0.15, 0.2) is 52.3 Å². The number of nitrogens with two attached hydrogens (primary N) is 1. The van der Waals surface area contributed by atoms with Gasteiger partial charge in [-0.25, -0.2) is 13.6 Å². The van der Waals surface area contributed by atoms with Crippen LogP contribution in [0.2, 0.25) is 0 Å². The number of halogens is 3. The van der Waals surface area contributed by atoms with Crippen molar-refractivity contribution in [3.63, 3.8) is 0 Å². The molecule has 0 bridgehead atoms. The van der Waals surface area contributed by atoms with Crippen LogP contribution in [-0.2, 0) is 33.3 Å². The van der Waals surface area contributed by atoms with Crippen molar-refractivity contribution < 1.29 is 31.1 Å². The quantitative estimate of drug-likeness (QED) is 0.428. The Morgan fingerprint density at radius 3 is 2.42 bits per heavy atom. The van der Waals surface area contributed by atoms with E-state index < -0.39 is 47.1 Å². The van der Waals surface area contributed by atoms with Crippen molar-refractivity contribution in [2.75, 3.05) is 6.61 Å².